The topological polar surface area (TPSA) is 58.2 Å². The first kappa shape index (κ1) is 16.5. The average Bonchev–Trinajstić information content (AvgIpc) is 2.85. The van der Waals surface area contributed by atoms with Gasteiger partial charge in [-0.25, -0.2) is 13.1 Å². The van der Waals surface area contributed by atoms with Gasteiger partial charge in [-0.05, 0) is 37.2 Å². The summed E-state index contributed by atoms with van der Waals surface area (Å²) in [6, 6.07) is 10.7. The zero-order valence-corrected chi connectivity index (χ0v) is 14.0. The minimum Gasteiger partial charge on any atom is -0.316 e. The standard InChI is InChI=1S/C14H17ClN2O2S2/c1-16-10-11-4-2-3-5-13(11)21(18,19)17-9-8-12-6-7-14(15)20-12/h2-7,16-17H,8-10H2,1H3. The predicted octanol–water partition coefficient (Wildman–Crippen LogP) is 2.64. The van der Waals surface area contributed by atoms with E-state index in [4.69, 9.17) is 11.6 Å². The highest BCUT2D eigenvalue weighted by Gasteiger charge is 2.17. The summed E-state index contributed by atoms with van der Waals surface area (Å²) in [5.41, 5.74) is 0.756. The molecule has 1 heterocycles. The minimum atomic E-state index is -3.49. The number of halogens is 1. The van der Waals surface area contributed by atoms with Crippen LogP contribution < -0.4 is 10.0 Å². The SMILES string of the molecule is CNCc1ccccc1S(=O)(=O)NCCc1ccc(Cl)s1. The van der Waals surface area contributed by atoms with Crippen molar-refractivity contribution in [2.45, 2.75) is 17.9 Å². The molecule has 0 aliphatic carbocycles. The Morgan fingerprint density at radius 1 is 1.19 bits per heavy atom. The van der Waals surface area contributed by atoms with Gasteiger partial charge in [0.25, 0.3) is 0 Å². The summed E-state index contributed by atoms with van der Waals surface area (Å²) in [7, 11) is -1.71. The van der Waals surface area contributed by atoms with Gasteiger partial charge in [0.2, 0.25) is 10.0 Å². The fourth-order valence-corrected chi connectivity index (χ4v) is 4.33. The van der Waals surface area contributed by atoms with Gasteiger partial charge in [0.1, 0.15) is 0 Å². The van der Waals surface area contributed by atoms with E-state index in [1.54, 1.807) is 19.2 Å². The van der Waals surface area contributed by atoms with E-state index >= 15 is 0 Å². The molecule has 0 aliphatic rings. The van der Waals surface area contributed by atoms with Gasteiger partial charge in [-0.1, -0.05) is 29.8 Å². The summed E-state index contributed by atoms with van der Waals surface area (Å²) in [4.78, 5) is 1.38. The number of sulfonamides is 1. The van der Waals surface area contributed by atoms with E-state index in [1.807, 2.05) is 24.3 Å². The maximum Gasteiger partial charge on any atom is 0.240 e. The first-order chi connectivity index (χ1) is 10.0. The Morgan fingerprint density at radius 2 is 1.95 bits per heavy atom. The zero-order valence-electron chi connectivity index (χ0n) is 11.6. The van der Waals surface area contributed by atoms with E-state index in [1.165, 1.54) is 11.3 Å². The molecule has 0 saturated heterocycles. The summed E-state index contributed by atoms with van der Waals surface area (Å²) in [6.07, 6.45) is 0.630. The van der Waals surface area contributed by atoms with Gasteiger partial charge in [-0.15, -0.1) is 11.3 Å². The minimum absolute atomic E-state index is 0.323. The van der Waals surface area contributed by atoms with Crippen LogP contribution in [0.4, 0.5) is 0 Å². The summed E-state index contributed by atoms with van der Waals surface area (Å²) in [5, 5.41) is 2.98. The van der Waals surface area contributed by atoms with E-state index in [-0.39, 0.29) is 0 Å². The number of hydrogen-bond donors (Lipinski definition) is 2. The number of hydrogen-bond acceptors (Lipinski definition) is 4. The third-order valence-corrected chi connectivity index (χ3v) is 5.77. The lowest BCUT2D eigenvalue weighted by molar-refractivity contribution is 0.580. The van der Waals surface area contributed by atoms with Gasteiger partial charge in [-0.3, -0.25) is 0 Å². The second-order valence-electron chi connectivity index (χ2n) is 4.49. The summed E-state index contributed by atoms with van der Waals surface area (Å²) < 4.78 is 28.1. The third-order valence-electron chi connectivity index (χ3n) is 2.92. The van der Waals surface area contributed by atoms with E-state index in [2.05, 4.69) is 10.0 Å². The van der Waals surface area contributed by atoms with Crippen molar-refractivity contribution in [3.8, 4) is 0 Å². The maximum absolute atomic E-state index is 12.4. The average molecular weight is 345 g/mol. The fourth-order valence-electron chi connectivity index (χ4n) is 1.97. The highest BCUT2D eigenvalue weighted by Crippen LogP contribution is 2.21. The second-order valence-corrected chi connectivity index (χ2v) is 8.03. The van der Waals surface area contributed by atoms with E-state index in [0.717, 1.165) is 10.4 Å². The Labute approximate surface area is 134 Å². The van der Waals surface area contributed by atoms with Crippen molar-refractivity contribution < 1.29 is 8.42 Å². The molecule has 0 aliphatic heterocycles. The van der Waals surface area contributed by atoms with Crippen molar-refractivity contribution in [3.63, 3.8) is 0 Å². The Kier molecular flexibility index (Phi) is 5.78. The number of benzene rings is 1. The number of thiophene rings is 1. The van der Waals surface area contributed by atoms with Crippen molar-refractivity contribution in [3.05, 3.63) is 51.2 Å². The molecule has 0 bridgehead atoms. The quantitative estimate of drug-likeness (QED) is 0.811. The zero-order chi connectivity index (χ0) is 15.3. The maximum atomic E-state index is 12.4. The molecule has 1 aromatic heterocycles. The normalized spacial score (nSPS) is 11.7. The molecule has 0 atom stereocenters. The van der Waals surface area contributed by atoms with Crippen LogP contribution in [0.2, 0.25) is 4.34 Å². The Morgan fingerprint density at radius 3 is 2.62 bits per heavy atom. The lowest BCUT2D eigenvalue weighted by Gasteiger charge is -2.11. The van der Waals surface area contributed by atoms with Crippen LogP contribution in [-0.2, 0) is 23.0 Å². The molecular weight excluding hydrogens is 328 g/mol. The molecule has 0 spiro atoms. The van der Waals surface area contributed by atoms with Crippen LogP contribution >= 0.6 is 22.9 Å². The van der Waals surface area contributed by atoms with E-state index in [9.17, 15) is 8.42 Å². The van der Waals surface area contributed by atoms with Crippen LogP contribution in [0.5, 0.6) is 0 Å². The first-order valence-corrected chi connectivity index (χ1v) is 9.17. The van der Waals surface area contributed by atoms with Crippen LogP contribution in [-0.4, -0.2) is 22.0 Å². The molecule has 2 N–H and O–H groups in total. The molecule has 7 heteroatoms. The third kappa shape index (κ3) is 4.52. The lowest BCUT2D eigenvalue weighted by Crippen LogP contribution is -2.27. The smallest absolute Gasteiger partial charge is 0.240 e. The molecule has 21 heavy (non-hydrogen) atoms. The van der Waals surface area contributed by atoms with Crippen LogP contribution in [0.3, 0.4) is 0 Å². The second kappa shape index (κ2) is 7.38. The lowest BCUT2D eigenvalue weighted by atomic mass is 10.2. The number of rotatable bonds is 7. The van der Waals surface area contributed by atoms with Gasteiger partial charge in [0.15, 0.2) is 0 Å². The van der Waals surface area contributed by atoms with Gasteiger partial charge >= 0.3 is 0 Å². The molecule has 0 radical (unpaired) electrons. The molecule has 0 amide bonds. The molecule has 2 rings (SSSR count). The Bertz CT molecular complexity index is 699. The summed E-state index contributed by atoms with van der Waals surface area (Å²) in [5.74, 6) is 0. The van der Waals surface area contributed by atoms with Crippen molar-refractivity contribution in [1.29, 1.82) is 0 Å². The van der Waals surface area contributed by atoms with Crippen molar-refractivity contribution in [2.75, 3.05) is 13.6 Å². The summed E-state index contributed by atoms with van der Waals surface area (Å²) >= 11 is 7.32. The molecule has 4 nitrogen and oxygen atoms in total. The highest BCUT2D eigenvalue weighted by atomic mass is 35.5. The highest BCUT2D eigenvalue weighted by molar-refractivity contribution is 7.89. The van der Waals surface area contributed by atoms with Crippen molar-refractivity contribution in [1.82, 2.24) is 10.0 Å². The van der Waals surface area contributed by atoms with Crippen LogP contribution in [0.1, 0.15) is 10.4 Å². The van der Waals surface area contributed by atoms with Gasteiger partial charge < -0.3 is 5.32 Å². The Hall–Kier alpha value is -0.920. The monoisotopic (exact) mass is 344 g/mol. The molecular formula is C14H17ClN2O2S2. The van der Waals surface area contributed by atoms with Crippen LogP contribution in [0.25, 0.3) is 0 Å². The molecule has 0 unspecified atom stereocenters. The molecule has 2 aromatic rings. The fraction of sp³-hybridized carbons (Fsp3) is 0.286. The van der Waals surface area contributed by atoms with Crippen molar-refractivity contribution >= 4 is 33.0 Å². The number of nitrogens with one attached hydrogen (secondary N) is 2. The van der Waals surface area contributed by atoms with Gasteiger partial charge in [-0.2, -0.15) is 0 Å². The molecule has 0 saturated carbocycles. The predicted molar refractivity (Wildman–Crippen MR) is 87.4 cm³/mol. The van der Waals surface area contributed by atoms with E-state index in [0.29, 0.717) is 28.7 Å². The van der Waals surface area contributed by atoms with Crippen LogP contribution in [0, 0.1) is 0 Å². The summed E-state index contributed by atoms with van der Waals surface area (Å²) in [6.45, 7) is 0.866. The van der Waals surface area contributed by atoms with Crippen molar-refractivity contribution in [2.24, 2.45) is 0 Å². The largest absolute Gasteiger partial charge is 0.316 e. The Balaban J connectivity index is 2.04. The van der Waals surface area contributed by atoms with E-state index < -0.39 is 10.0 Å². The molecule has 0 fully saturated rings. The molecule has 114 valence electrons. The van der Waals surface area contributed by atoms with Gasteiger partial charge in [0.05, 0.1) is 9.23 Å². The first-order valence-electron chi connectivity index (χ1n) is 6.49. The van der Waals surface area contributed by atoms with Crippen LogP contribution in [0.15, 0.2) is 41.3 Å². The molecule has 1 aromatic carbocycles. The van der Waals surface area contributed by atoms with Gasteiger partial charge in [0, 0.05) is 18.0 Å².